The molecule has 0 fully saturated rings. The van der Waals surface area contributed by atoms with Gasteiger partial charge in [-0.2, -0.15) is 22.0 Å². The Labute approximate surface area is 97.6 Å². The highest BCUT2D eigenvalue weighted by molar-refractivity contribution is 7.98. The molecule has 0 aliphatic heterocycles. The van der Waals surface area contributed by atoms with Gasteiger partial charge in [-0.3, -0.25) is 0 Å². The molecular formula is C9H12N2O4S. The van der Waals surface area contributed by atoms with Crippen LogP contribution in [0.5, 0.6) is 0 Å². The van der Waals surface area contributed by atoms with Crippen molar-refractivity contribution >= 4 is 23.8 Å². The molecular weight excluding hydrogens is 232 g/mol. The van der Waals surface area contributed by atoms with E-state index >= 15 is 0 Å². The molecule has 88 valence electrons. The first-order chi connectivity index (χ1) is 7.65. The zero-order chi connectivity index (χ0) is 12.4. The minimum atomic E-state index is -0.943. The van der Waals surface area contributed by atoms with Gasteiger partial charge in [0.1, 0.15) is 0 Å². The molecule has 0 aromatic rings. The summed E-state index contributed by atoms with van der Waals surface area (Å²) >= 11 is 1.52. The van der Waals surface area contributed by atoms with Crippen molar-refractivity contribution in [3.8, 4) is 6.26 Å². The van der Waals surface area contributed by atoms with Crippen molar-refractivity contribution in [3.63, 3.8) is 0 Å². The Bertz CT molecular complexity index is 309. The number of isocyanates is 1. The minimum Gasteiger partial charge on any atom is -0.436 e. The second-order valence-electron chi connectivity index (χ2n) is 2.74. The molecule has 2 unspecified atom stereocenters. The molecule has 0 aromatic heterocycles. The van der Waals surface area contributed by atoms with E-state index in [0.717, 1.165) is 0 Å². The van der Waals surface area contributed by atoms with Gasteiger partial charge < -0.3 is 9.47 Å². The number of nitriles is 1. The molecule has 0 aliphatic carbocycles. The number of carbonyl (C=O) groups excluding carboxylic acids is 2. The predicted molar refractivity (Wildman–Crippen MR) is 57.2 cm³/mol. The maximum Gasteiger partial charge on any atom is 0.350 e. The first kappa shape index (κ1) is 14.5. The highest BCUT2D eigenvalue weighted by atomic mass is 32.2. The van der Waals surface area contributed by atoms with Gasteiger partial charge in [0.25, 0.3) is 6.26 Å². The SMILES string of the molecule is CSCCC(OC#N)C(=O)OC(C)N=C=O. The van der Waals surface area contributed by atoms with Crippen LogP contribution in [0.4, 0.5) is 0 Å². The van der Waals surface area contributed by atoms with E-state index in [1.807, 2.05) is 6.26 Å². The third kappa shape index (κ3) is 6.06. The lowest BCUT2D eigenvalue weighted by Gasteiger charge is -2.13. The fourth-order valence-corrected chi connectivity index (χ4v) is 1.31. The first-order valence-electron chi connectivity index (χ1n) is 4.46. The van der Waals surface area contributed by atoms with Crippen LogP contribution < -0.4 is 0 Å². The highest BCUT2D eigenvalue weighted by Crippen LogP contribution is 2.07. The van der Waals surface area contributed by atoms with Gasteiger partial charge in [-0.05, 0) is 18.9 Å². The lowest BCUT2D eigenvalue weighted by Crippen LogP contribution is -2.28. The second-order valence-corrected chi connectivity index (χ2v) is 3.72. The van der Waals surface area contributed by atoms with E-state index in [0.29, 0.717) is 12.2 Å². The smallest absolute Gasteiger partial charge is 0.350 e. The van der Waals surface area contributed by atoms with Gasteiger partial charge in [-0.15, -0.1) is 0 Å². The van der Waals surface area contributed by atoms with Crippen LogP contribution in [-0.4, -0.2) is 36.4 Å². The molecule has 0 aromatic carbocycles. The largest absolute Gasteiger partial charge is 0.436 e. The van der Waals surface area contributed by atoms with Crippen molar-refractivity contribution in [2.75, 3.05) is 12.0 Å². The fraction of sp³-hybridized carbons (Fsp3) is 0.667. The Morgan fingerprint density at radius 3 is 2.81 bits per heavy atom. The van der Waals surface area contributed by atoms with Crippen molar-refractivity contribution < 1.29 is 19.1 Å². The third-order valence-corrected chi connectivity index (χ3v) is 2.21. The van der Waals surface area contributed by atoms with Gasteiger partial charge in [0, 0.05) is 6.42 Å². The maximum atomic E-state index is 11.4. The second kappa shape index (κ2) is 8.77. The fourth-order valence-electron chi connectivity index (χ4n) is 0.858. The van der Waals surface area contributed by atoms with E-state index in [4.69, 9.17) is 10.00 Å². The summed E-state index contributed by atoms with van der Waals surface area (Å²) in [6.45, 7) is 1.42. The number of carbonyl (C=O) groups is 1. The molecule has 7 heteroatoms. The van der Waals surface area contributed by atoms with Gasteiger partial charge in [0.2, 0.25) is 18.4 Å². The average molecular weight is 244 g/mol. The summed E-state index contributed by atoms with van der Waals surface area (Å²) in [6, 6.07) is 0. The molecule has 0 bridgehead atoms. The number of ether oxygens (including phenoxy) is 2. The number of esters is 1. The summed E-state index contributed by atoms with van der Waals surface area (Å²) in [6.07, 6.45) is 3.10. The van der Waals surface area contributed by atoms with Crippen LogP contribution in [0.1, 0.15) is 13.3 Å². The van der Waals surface area contributed by atoms with Crippen LogP contribution in [0.2, 0.25) is 0 Å². The van der Waals surface area contributed by atoms with Crippen LogP contribution in [0.25, 0.3) is 0 Å². The summed E-state index contributed by atoms with van der Waals surface area (Å²) in [5, 5.41) is 8.35. The standard InChI is InChI=1S/C9H12N2O4S/c1-7(11-6-12)15-9(13)8(14-5-10)3-4-16-2/h7-8H,3-4H2,1-2H3. The summed E-state index contributed by atoms with van der Waals surface area (Å²) in [5.74, 6) is -0.0469. The Morgan fingerprint density at radius 1 is 1.62 bits per heavy atom. The Hall–Kier alpha value is -1.51. The Morgan fingerprint density at radius 2 is 2.31 bits per heavy atom. The average Bonchev–Trinajstić information content (AvgIpc) is 2.24. The van der Waals surface area contributed by atoms with Gasteiger partial charge in [0.15, 0.2) is 0 Å². The lowest BCUT2D eigenvalue weighted by atomic mass is 10.3. The topological polar surface area (TPSA) is 88.8 Å². The zero-order valence-corrected chi connectivity index (χ0v) is 9.82. The van der Waals surface area contributed by atoms with E-state index in [1.54, 1.807) is 0 Å². The third-order valence-electron chi connectivity index (χ3n) is 1.56. The van der Waals surface area contributed by atoms with Crippen LogP contribution in [-0.2, 0) is 19.1 Å². The maximum absolute atomic E-state index is 11.4. The number of hydrogen-bond acceptors (Lipinski definition) is 7. The number of aliphatic imine (C=N–C) groups is 1. The van der Waals surface area contributed by atoms with Crippen molar-refractivity contribution in [1.29, 1.82) is 5.26 Å². The lowest BCUT2D eigenvalue weighted by molar-refractivity contribution is -0.157. The Kier molecular flexibility index (Phi) is 7.94. The molecule has 0 saturated carbocycles. The van der Waals surface area contributed by atoms with Crippen LogP contribution in [0.3, 0.4) is 0 Å². The van der Waals surface area contributed by atoms with E-state index < -0.39 is 18.3 Å². The molecule has 0 radical (unpaired) electrons. The first-order valence-corrected chi connectivity index (χ1v) is 5.86. The van der Waals surface area contributed by atoms with E-state index in [1.165, 1.54) is 31.0 Å². The molecule has 0 aliphatic rings. The number of hydrogen-bond donors (Lipinski definition) is 0. The van der Waals surface area contributed by atoms with Gasteiger partial charge >= 0.3 is 5.97 Å². The Balaban J connectivity index is 4.26. The van der Waals surface area contributed by atoms with Gasteiger partial charge in [-0.25, -0.2) is 9.59 Å². The van der Waals surface area contributed by atoms with Gasteiger partial charge in [-0.1, -0.05) is 0 Å². The molecule has 0 N–H and O–H groups in total. The normalized spacial score (nSPS) is 12.8. The molecule has 2 atom stereocenters. The van der Waals surface area contributed by atoms with Crippen molar-refractivity contribution in [2.45, 2.75) is 25.7 Å². The van der Waals surface area contributed by atoms with Crippen molar-refractivity contribution in [2.24, 2.45) is 4.99 Å². The van der Waals surface area contributed by atoms with E-state index in [9.17, 15) is 9.59 Å². The monoisotopic (exact) mass is 244 g/mol. The molecule has 16 heavy (non-hydrogen) atoms. The summed E-state index contributed by atoms with van der Waals surface area (Å²) in [5.41, 5.74) is 0. The minimum absolute atomic E-state index is 0.366. The van der Waals surface area contributed by atoms with Crippen LogP contribution >= 0.6 is 11.8 Å². The van der Waals surface area contributed by atoms with Crippen molar-refractivity contribution in [1.82, 2.24) is 0 Å². The van der Waals surface area contributed by atoms with E-state index in [-0.39, 0.29) is 0 Å². The van der Waals surface area contributed by atoms with E-state index in [2.05, 4.69) is 9.73 Å². The predicted octanol–water partition coefficient (Wildman–Crippen LogP) is 0.831. The van der Waals surface area contributed by atoms with Crippen LogP contribution in [0, 0.1) is 11.5 Å². The number of thioether (sulfide) groups is 1. The molecule has 6 nitrogen and oxygen atoms in total. The molecule has 0 rings (SSSR count). The molecule has 0 heterocycles. The quantitative estimate of drug-likeness (QED) is 0.285. The van der Waals surface area contributed by atoms with Crippen LogP contribution in [0.15, 0.2) is 4.99 Å². The molecule has 0 saturated heterocycles. The number of nitrogens with zero attached hydrogens (tertiary/aromatic N) is 2. The summed E-state index contributed by atoms with van der Waals surface area (Å²) < 4.78 is 9.31. The summed E-state index contributed by atoms with van der Waals surface area (Å²) in [7, 11) is 0. The highest BCUT2D eigenvalue weighted by Gasteiger charge is 2.23. The van der Waals surface area contributed by atoms with Crippen molar-refractivity contribution in [3.05, 3.63) is 0 Å². The number of rotatable bonds is 7. The van der Waals surface area contributed by atoms with Gasteiger partial charge in [0.05, 0.1) is 0 Å². The summed E-state index contributed by atoms with van der Waals surface area (Å²) in [4.78, 5) is 24.5. The zero-order valence-electron chi connectivity index (χ0n) is 9.00. The molecule has 0 spiro atoms. The molecule has 0 amide bonds.